The molecule has 24 heavy (non-hydrogen) atoms. The number of nitrogens with zero attached hydrogens (tertiary/aromatic N) is 2. The molecule has 0 unspecified atom stereocenters. The Bertz CT molecular complexity index is 886. The van der Waals surface area contributed by atoms with Crippen molar-refractivity contribution >= 4 is 23.6 Å². The predicted molar refractivity (Wildman–Crippen MR) is 86.7 cm³/mol. The number of esters is 1. The van der Waals surface area contributed by atoms with Gasteiger partial charge in [0.05, 0.1) is 17.6 Å². The van der Waals surface area contributed by atoms with Crippen LogP contribution in [0.3, 0.4) is 0 Å². The summed E-state index contributed by atoms with van der Waals surface area (Å²) in [5.74, 6) is 0.0391. The van der Waals surface area contributed by atoms with Gasteiger partial charge in [0.15, 0.2) is 5.70 Å². The van der Waals surface area contributed by atoms with E-state index in [0.717, 1.165) is 0 Å². The molecule has 2 aromatic carbocycles. The lowest BCUT2D eigenvalue weighted by molar-refractivity contribution is -0.384. The van der Waals surface area contributed by atoms with Crippen LogP contribution in [0.1, 0.15) is 11.1 Å². The third-order valence-corrected chi connectivity index (χ3v) is 3.34. The second-order valence-electron chi connectivity index (χ2n) is 4.89. The van der Waals surface area contributed by atoms with Gasteiger partial charge in [0.2, 0.25) is 5.90 Å². The Balaban J connectivity index is 1.97. The van der Waals surface area contributed by atoms with Crippen LogP contribution in [0.15, 0.2) is 59.2 Å². The highest BCUT2D eigenvalue weighted by atomic mass is 16.6. The number of cyclic esters (lactones) is 1. The summed E-state index contributed by atoms with van der Waals surface area (Å²) in [6.45, 7) is 0. The number of para-hydroxylation sites is 1. The van der Waals surface area contributed by atoms with Crippen molar-refractivity contribution < 1.29 is 19.2 Å². The van der Waals surface area contributed by atoms with Gasteiger partial charge >= 0.3 is 5.97 Å². The van der Waals surface area contributed by atoms with Gasteiger partial charge in [-0.05, 0) is 23.8 Å². The zero-order valence-electron chi connectivity index (χ0n) is 12.6. The van der Waals surface area contributed by atoms with Crippen LogP contribution in [-0.2, 0) is 9.53 Å². The molecule has 0 N–H and O–H groups in total. The summed E-state index contributed by atoms with van der Waals surface area (Å²) in [6.07, 6.45) is 1.44. The second kappa shape index (κ2) is 6.33. The van der Waals surface area contributed by atoms with Gasteiger partial charge in [0.25, 0.3) is 5.69 Å². The van der Waals surface area contributed by atoms with Crippen LogP contribution >= 0.6 is 0 Å². The minimum atomic E-state index is -0.623. The van der Waals surface area contributed by atoms with E-state index in [2.05, 4.69) is 4.99 Å². The number of methoxy groups -OCH3 is 1. The van der Waals surface area contributed by atoms with Crippen LogP contribution in [0, 0.1) is 10.1 Å². The van der Waals surface area contributed by atoms with Crippen LogP contribution in [0.5, 0.6) is 5.75 Å². The highest BCUT2D eigenvalue weighted by molar-refractivity contribution is 6.13. The lowest BCUT2D eigenvalue weighted by Gasteiger charge is -2.05. The van der Waals surface area contributed by atoms with E-state index in [-0.39, 0.29) is 17.3 Å². The minimum absolute atomic E-state index is 0.0651. The lowest BCUT2D eigenvalue weighted by Crippen LogP contribution is -2.06. The summed E-state index contributed by atoms with van der Waals surface area (Å²) in [5, 5.41) is 10.8. The molecule has 0 saturated heterocycles. The molecule has 0 fully saturated rings. The van der Waals surface area contributed by atoms with Gasteiger partial charge in [0.1, 0.15) is 5.75 Å². The van der Waals surface area contributed by atoms with Crippen molar-refractivity contribution in [1.29, 1.82) is 0 Å². The molecule has 1 aliphatic heterocycles. The first-order valence-corrected chi connectivity index (χ1v) is 6.99. The average Bonchev–Trinajstić information content (AvgIpc) is 2.95. The predicted octanol–water partition coefficient (Wildman–Crippen LogP) is 2.95. The van der Waals surface area contributed by atoms with Crippen LogP contribution in [0.4, 0.5) is 5.69 Å². The fraction of sp³-hybridized carbons (Fsp3) is 0.0588. The van der Waals surface area contributed by atoms with Crippen molar-refractivity contribution in [3.63, 3.8) is 0 Å². The zero-order valence-corrected chi connectivity index (χ0v) is 12.6. The van der Waals surface area contributed by atoms with E-state index in [0.29, 0.717) is 16.9 Å². The molecule has 2 aromatic rings. The Hall–Kier alpha value is -3.48. The molecule has 0 radical (unpaired) electrons. The number of benzene rings is 2. The molecule has 7 heteroatoms. The molecule has 0 atom stereocenters. The van der Waals surface area contributed by atoms with Gasteiger partial charge in [-0.3, -0.25) is 10.1 Å². The van der Waals surface area contributed by atoms with Gasteiger partial charge < -0.3 is 9.47 Å². The van der Waals surface area contributed by atoms with Crippen molar-refractivity contribution in [3.05, 3.63) is 75.5 Å². The van der Waals surface area contributed by atoms with E-state index in [1.807, 2.05) is 0 Å². The SMILES string of the molecule is COc1ccccc1C1=NC(=Cc2cccc([N+](=O)[O-])c2)C(=O)O1. The van der Waals surface area contributed by atoms with Crippen molar-refractivity contribution in [2.45, 2.75) is 0 Å². The number of carbonyl (C=O) groups excluding carboxylic acids is 1. The van der Waals surface area contributed by atoms with E-state index in [4.69, 9.17) is 9.47 Å². The standard InChI is InChI=1S/C17H12N2O5/c1-23-15-8-3-2-7-13(15)16-18-14(17(20)24-16)10-11-5-4-6-12(9-11)19(21)22/h2-10H,1H3. The summed E-state index contributed by atoms with van der Waals surface area (Å²) in [4.78, 5) is 26.5. The summed E-state index contributed by atoms with van der Waals surface area (Å²) in [6, 6.07) is 12.9. The van der Waals surface area contributed by atoms with E-state index in [9.17, 15) is 14.9 Å². The Labute approximate surface area is 137 Å². The summed E-state index contributed by atoms with van der Waals surface area (Å²) in [7, 11) is 1.51. The Morgan fingerprint density at radius 1 is 1.21 bits per heavy atom. The summed E-state index contributed by atoms with van der Waals surface area (Å²) >= 11 is 0. The molecular formula is C17H12N2O5. The van der Waals surface area contributed by atoms with E-state index in [1.54, 1.807) is 30.3 Å². The average molecular weight is 324 g/mol. The van der Waals surface area contributed by atoms with Gasteiger partial charge in [-0.2, -0.15) is 0 Å². The van der Waals surface area contributed by atoms with E-state index >= 15 is 0 Å². The van der Waals surface area contributed by atoms with E-state index in [1.165, 1.54) is 31.4 Å². The highest BCUT2D eigenvalue weighted by Crippen LogP contribution is 2.25. The van der Waals surface area contributed by atoms with Gasteiger partial charge in [-0.25, -0.2) is 9.79 Å². The maximum absolute atomic E-state index is 12.0. The lowest BCUT2D eigenvalue weighted by atomic mass is 10.1. The number of nitro groups is 1. The summed E-state index contributed by atoms with van der Waals surface area (Å²) in [5.41, 5.74) is 1.04. The van der Waals surface area contributed by atoms with Crippen molar-refractivity contribution in [2.24, 2.45) is 4.99 Å². The number of nitro benzene ring substituents is 1. The molecule has 3 rings (SSSR count). The van der Waals surface area contributed by atoms with Crippen molar-refractivity contribution in [2.75, 3.05) is 7.11 Å². The number of rotatable bonds is 4. The molecule has 0 aliphatic carbocycles. The number of hydrogen-bond acceptors (Lipinski definition) is 6. The first-order valence-electron chi connectivity index (χ1n) is 6.99. The Morgan fingerprint density at radius 3 is 2.75 bits per heavy atom. The maximum atomic E-state index is 12.0. The topological polar surface area (TPSA) is 91.0 Å². The zero-order chi connectivity index (χ0) is 17.1. The van der Waals surface area contributed by atoms with Crippen LogP contribution in [0.2, 0.25) is 0 Å². The fourth-order valence-corrected chi connectivity index (χ4v) is 2.23. The Kier molecular flexibility index (Phi) is 4.07. The molecule has 0 spiro atoms. The van der Waals surface area contributed by atoms with E-state index < -0.39 is 10.9 Å². The largest absolute Gasteiger partial charge is 0.496 e. The van der Waals surface area contributed by atoms with Crippen molar-refractivity contribution in [1.82, 2.24) is 0 Å². The number of carbonyl (C=O) groups is 1. The minimum Gasteiger partial charge on any atom is -0.496 e. The number of non-ortho nitro benzene ring substituents is 1. The third-order valence-electron chi connectivity index (χ3n) is 3.34. The molecule has 1 heterocycles. The summed E-state index contributed by atoms with van der Waals surface area (Å²) < 4.78 is 10.4. The first-order chi connectivity index (χ1) is 11.6. The normalized spacial score (nSPS) is 15.1. The van der Waals surface area contributed by atoms with Gasteiger partial charge in [-0.15, -0.1) is 0 Å². The number of ether oxygens (including phenoxy) is 2. The van der Waals surface area contributed by atoms with Crippen LogP contribution in [0.25, 0.3) is 6.08 Å². The first kappa shape index (κ1) is 15.4. The highest BCUT2D eigenvalue weighted by Gasteiger charge is 2.26. The fourth-order valence-electron chi connectivity index (χ4n) is 2.23. The molecule has 120 valence electrons. The quantitative estimate of drug-likeness (QED) is 0.373. The molecule has 0 amide bonds. The molecule has 0 saturated carbocycles. The molecule has 1 aliphatic rings. The van der Waals surface area contributed by atoms with Gasteiger partial charge in [-0.1, -0.05) is 24.3 Å². The smallest absolute Gasteiger partial charge is 0.363 e. The number of hydrogen-bond donors (Lipinski definition) is 0. The van der Waals surface area contributed by atoms with Crippen molar-refractivity contribution in [3.8, 4) is 5.75 Å². The second-order valence-corrected chi connectivity index (χ2v) is 4.89. The molecule has 0 bridgehead atoms. The maximum Gasteiger partial charge on any atom is 0.363 e. The number of aliphatic imine (C=N–C) groups is 1. The molecular weight excluding hydrogens is 312 g/mol. The Morgan fingerprint density at radius 2 is 2.00 bits per heavy atom. The molecule has 0 aromatic heterocycles. The molecule has 7 nitrogen and oxygen atoms in total. The third kappa shape index (κ3) is 3.00. The van der Waals surface area contributed by atoms with Crippen LogP contribution in [-0.4, -0.2) is 23.9 Å². The van der Waals surface area contributed by atoms with Crippen LogP contribution < -0.4 is 4.74 Å². The monoisotopic (exact) mass is 324 g/mol. The van der Waals surface area contributed by atoms with Gasteiger partial charge in [0, 0.05) is 12.1 Å².